The molecule has 0 fully saturated rings. The summed E-state index contributed by atoms with van der Waals surface area (Å²) >= 11 is 0. The lowest BCUT2D eigenvalue weighted by molar-refractivity contribution is -0.384. The quantitative estimate of drug-likeness (QED) is 0.522. The first-order valence-electron chi connectivity index (χ1n) is 5.49. The standard InChI is InChI=1S/C12H11N3O4S/c1-20(18,19)10-6-11(15(16)17)12(14-7-10)8-2-4-9(13)5-3-8/h2-7H,13H2,1H3. The van der Waals surface area contributed by atoms with Crippen molar-refractivity contribution < 1.29 is 13.3 Å². The minimum absolute atomic E-state index is 0.0994. The molecule has 0 aliphatic rings. The van der Waals surface area contributed by atoms with Gasteiger partial charge < -0.3 is 5.73 Å². The van der Waals surface area contributed by atoms with Gasteiger partial charge in [-0.3, -0.25) is 10.1 Å². The van der Waals surface area contributed by atoms with Crippen molar-refractivity contribution in [1.82, 2.24) is 4.98 Å². The van der Waals surface area contributed by atoms with E-state index < -0.39 is 14.8 Å². The summed E-state index contributed by atoms with van der Waals surface area (Å²) in [4.78, 5) is 14.1. The first kappa shape index (κ1) is 13.9. The van der Waals surface area contributed by atoms with Crippen molar-refractivity contribution in [3.63, 3.8) is 0 Å². The third-order valence-electron chi connectivity index (χ3n) is 2.65. The number of aromatic nitrogens is 1. The third kappa shape index (κ3) is 2.75. The molecule has 1 heterocycles. The van der Waals surface area contributed by atoms with Gasteiger partial charge in [0, 0.05) is 29.8 Å². The molecule has 0 spiro atoms. The topological polar surface area (TPSA) is 116 Å². The molecule has 1 aromatic heterocycles. The van der Waals surface area contributed by atoms with Crippen LogP contribution in [0.25, 0.3) is 11.3 Å². The normalized spacial score (nSPS) is 11.2. The Kier molecular flexibility index (Phi) is 3.41. The second-order valence-corrected chi connectivity index (χ2v) is 6.21. The molecule has 20 heavy (non-hydrogen) atoms. The van der Waals surface area contributed by atoms with Gasteiger partial charge in [0.25, 0.3) is 5.69 Å². The molecule has 2 N–H and O–H groups in total. The monoisotopic (exact) mass is 293 g/mol. The van der Waals surface area contributed by atoms with E-state index >= 15 is 0 Å². The summed E-state index contributed by atoms with van der Waals surface area (Å²) < 4.78 is 22.8. The number of hydrogen-bond acceptors (Lipinski definition) is 6. The number of rotatable bonds is 3. The molecular weight excluding hydrogens is 282 g/mol. The van der Waals surface area contributed by atoms with E-state index in [1.165, 1.54) is 0 Å². The molecule has 7 nitrogen and oxygen atoms in total. The number of sulfone groups is 1. The summed E-state index contributed by atoms with van der Waals surface area (Å²) in [6.07, 6.45) is 2.07. The molecule has 0 radical (unpaired) electrons. The van der Waals surface area contributed by atoms with E-state index in [-0.39, 0.29) is 16.3 Å². The van der Waals surface area contributed by atoms with Crippen molar-refractivity contribution in [3.05, 3.63) is 46.6 Å². The van der Waals surface area contributed by atoms with Crippen molar-refractivity contribution >= 4 is 21.2 Å². The second kappa shape index (κ2) is 4.89. The van der Waals surface area contributed by atoms with E-state index in [0.717, 1.165) is 18.5 Å². The number of anilines is 1. The van der Waals surface area contributed by atoms with E-state index in [1.54, 1.807) is 24.3 Å². The van der Waals surface area contributed by atoms with E-state index in [4.69, 9.17) is 5.73 Å². The maximum Gasteiger partial charge on any atom is 0.296 e. The smallest absolute Gasteiger partial charge is 0.296 e. The van der Waals surface area contributed by atoms with Gasteiger partial charge in [-0.15, -0.1) is 0 Å². The number of benzene rings is 1. The molecule has 104 valence electrons. The minimum Gasteiger partial charge on any atom is -0.399 e. The molecule has 1 aromatic carbocycles. The van der Waals surface area contributed by atoms with E-state index in [9.17, 15) is 18.5 Å². The SMILES string of the molecule is CS(=O)(=O)c1cnc(-c2ccc(N)cc2)c([N+](=O)[O-])c1. The lowest BCUT2D eigenvalue weighted by atomic mass is 10.1. The molecule has 0 unspecified atom stereocenters. The highest BCUT2D eigenvalue weighted by molar-refractivity contribution is 7.90. The van der Waals surface area contributed by atoms with Crippen LogP contribution in [0.2, 0.25) is 0 Å². The highest BCUT2D eigenvalue weighted by Crippen LogP contribution is 2.30. The van der Waals surface area contributed by atoms with Crippen molar-refractivity contribution in [1.29, 1.82) is 0 Å². The number of nitrogens with two attached hydrogens (primary N) is 1. The maximum absolute atomic E-state index is 11.4. The van der Waals surface area contributed by atoms with Crippen LogP contribution < -0.4 is 5.73 Å². The first-order chi connectivity index (χ1) is 9.29. The van der Waals surface area contributed by atoms with Crippen LogP contribution in [0.4, 0.5) is 11.4 Å². The van der Waals surface area contributed by atoms with Gasteiger partial charge in [0.1, 0.15) is 5.69 Å². The number of pyridine rings is 1. The zero-order valence-corrected chi connectivity index (χ0v) is 11.3. The molecule has 2 rings (SSSR count). The van der Waals surface area contributed by atoms with Crippen LogP contribution in [-0.4, -0.2) is 24.6 Å². The van der Waals surface area contributed by atoms with Gasteiger partial charge in [-0.05, 0) is 12.1 Å². The molecule has 8 heteroatoms. The van der Waals surface area contributed by atoms with Gasteiger partial charge in [-0.2, -0.15) is 0 Å². The molecule has 0 atom stereocenters. The number of nitrogens with zero attached hydrogens (tertiary/aromatic N) is 2. The summed E-state index contributed by atoms with van der Waals surface area (Å²) in [5.74, 6) is 0. The summed E-state index contributed by atoms with van der Waals surface area (Å²) in [6.45, 7) is 0. The summed E-state index contributed by atoms with van der Waals surface area (Å²) in [5, 5.41) is 11.1. The predicted octanol–water partition coefficient (Wildman–Crippen LogP) is 1.64. The fraction of sp³-hybridized carbons (Fsp3) is 0.0833. The van der Waals surface area contributed by atoms with Crippen LogP contribution in [0.15, 0.2) is 41.4 Å². The molecule has 0 amide bonds. The molecular formula is C12H11N3O4S. The van der Waals surface area contributed by atoms with Crippen molar-refractivity contribution in [2.45, 2.75) is 4.90 Å². The number of nitrogen functional groups attached to an aromatic ring is 1. The Labute approximate surface area is 115 Å². The lowest BCUT2D eigenvalue weighted by Gasteiger charge is -2.04. The van der Waals surface area contributed by atoms with E-state index in [2.05, 4.69) is 4.98 Å². The van der Waals surface area contributed by atoms with Crippen LogP contribution in [0.5, 0.6) is 0 Å². The maximum atomic E-state index is 11.4. The molecule has 0 saturated heterocycles. The molecule has 0 bridgehead atoms. The van der Waals surface area contributed by atoms with Gasteiger partial charge >= 0.3 is 0 Å². The van der Waals surface area contributed by atoms with Crippen molar-refractivity contribution in [2.24, 2.45) is 0 Å². The highest BCUT2D eigenvalue weighted by Gasteiger charge is 2.21. The average Bonchev–Trinajstić information content (AvgIpc) is 2.38. The zero-order valence-electron chi connectivity index (χ0n) is 10.5. The van der Waals surface area contributed by atoms with Crippen LogP contribution in [0, 0.1) is 10.1 Å². The van der Waals surface area contributed by atoms with Gasteiger partial charge in [0.15, 0.2) is 9.84 Å². The summed E-state index contributed by atoms with van der Waals surface area (Å²) in [7, 11) is -3.55. The average molecular weight is 293 g/mol. The van der Waals surface area contributed by atoms with E-state index in [1.807, 2.05) is 0 Å². The van der Waals surface area contributed by atoms with Crippen molar-refractivity contribution in [3.8, 4) is 11.3 Å². The third-order valence-corrected chi connectivity index (χ3v) is 3.73. The van der Waals surface area contributed by atoms with Gasteiger partial charge in [0.05, 0.1) is 9.82 Å². The molecule has 2 aromatic rings. The highest BCUT2D eigenvalue weighted by atomic mass is 32.2. The Morgan fingerprint density at radius 2 is 1.85 bits per heavy atom. The zero-order chi connectivity index (χ0) is 14.9. The van der Waals surface area contributed by atoms with Crippen LogP contribution >= 0.6 is 0 Å². The Morgan fingerprint density at radius 1 is 1.25 bits per heavy atom. The molecule has 0 saturated carbocycles. The predicted molar refractivity (Wildman–Crippen MR) is 73.8 cm³/mol. The summed E-state index contributed by atoms with van der Waals surface area (Å²) in [5.41, 5.74) is 6.30. The van der Waals surface area contributed by atoms with Crippen LogP contribution in [0.3, 0.4) is 0 Å². The van der Waals surface area contributed by atoms with Gasteiger partial charge in [-0.1, -0.05) is 12.1 Å². The largest absolute Gasteiger partial charge is 0.399 e. The minimum atomic E-state index is -3.55. The first-order valence-corrected chi connectivity index (χ1v) is 7.38. The van der Waals surface area contributed by atoms with Crippen LogP contribution in [-0.2, 0) is 9.84 Å². The Morgan fingerprint density at radius 3 is 2.35 bits per heavy atom. The van der Waals surface area contributed by atoms with E-state index in [0.29, 0.717) is 11.3 Å². The Bertz CT molecular complexity index is 770. The number of nitro groups is 1. The van der Waals surface area contributed by atoms with Crippen molar-refractivity contribution in [2.75, 3.05) is 12.0 Å². The fourth-order valence-corrected chi connectivity index (χ4v) is 2.21. The molecule has 0 aliphatic heterocycles. The summed E-state index contributed by atoms with van der Waals surface area (Å²) in [6, 6.07) is 7.36. The molecule has 0 aliphatic carbocycles. The van der Waals surface area contributed by atoms with Crippen LogP contribution in [0.1, 0.15) is 0 Å². The van der Waals surface area contributed by atoms with Gasteiger partial charge in [-0.25, -0.2) is 13.4 Å². The Hall–Kier alpha value is -2.48. The Balaban J connectivity index is 2.65. The lowest BCUT2D eigenvalue weighted by Crippen LogP contribution is -2.02. The fourth-order valence-electron chi connectivity index (χ4n) is 1.64. The second-order valence-electron chi connectivity index (χ2n) is 4.19. The number of hydrogen-bond donors (Lipinski definition) is 1. The van der Waals surface area contributed by atoms with Gasteiger partial charge in [0.2, 0.25) is 0 Å².